The minimum atomic E-state index is -0.452. The predicted molar refractivity (Wildman–Crippen MR) is 104 cm³/mol. The van der Waals surface area contributed by atoms with Crippen LogP contribution in [0.15, 0.2) is 60.7 Å². The summed E-state index contributed by atoms with van der Waals surface area (Å²) in [7, 11) is 0. The van der Waals surface area contributed by atoms with Crippen molar-refractivity contribution in [1.82, 2.24) is 5.32 Å². The lowest BCUT2D eigenvalue weighted by Crippen LogP contribution is -2.39. The van der Waals surface area contributed by atoms with Crippen molar-refractivity contribution in [3.8, 4) is 0 Å². The van der Waals surface area contributed by atoms with Crippen molar-refractivity contribution in [3.05, 3.63) is 71.8 Å². The summed E-state index contributed by atoms with van der Waals surface area (Å²) in [4.78, 5) is 24.9. The van der Waals surface area contributed by atoms with E-state index in [1.54, 1.807) is 0 Å². The second-order valence-corrected chi connectivity index (χ2v) is 7.54. The summed E-state index contributed by atoms with van der Waals surface area (Å²) in [5, 5.41) is 2.85. The van der Waals surface area contributed by atoms with Gasteiger partial charge in [0.1, 0.15) is 0 Å². The molecule has 1 saturated carbocycles. The molecule has 1 N–H and O–H groups in total. The van der Waals surface area contributed by atoms with Gasteiger partial charge >= 0.3 is 0 Å². The number of ketones is 1. The third kappa shape index (κ3) is 4.60. The topological polar surface area (TPSA) is 46.2 Å². The van der Waals surface area contributed by atoms with Gasteiger partial charge in [-0.15, -0.1) is 0 Å². The largest absolute Gasteiger partial charge is 0.343 e. The lowest BCUT2D eigenvalue weighted by Gasteiger charge is -2.41. The molecule has 2 aromatic carbocycles. The molecular formula is C23H27NO2. The normalized spacial score (nSPS) is 16.3. The highest BCUT2D eigenvalue weighted by molar-refractivity contribution is 6.36. The molecule has 26 heavy (non-hydrogen) atoms. The molecule has 1 aliphatic rings. The third-order valence-corrected chi connectivity index (χ3v) is 5.64. The van der Waals surface area contributed by atoms with E-state index in [9.17, 15) is 9.59 Å². The van der Waals surface area contributed by atoms with Crippen molar-refractivity contribution >= 4 is 11.7 Å². The van der Waals surface area contributed by atoms with Gasteiger partial charge in [0.2, 0.25) is 5.78 Å². The number of amides is 1. The van der Waals surface area contributed by atoms with Crippen LogP contribution < -0.4 is 5.32 Å². The van der Waals surface area contributed by atoms with E-state index in [0.29, 0.717) is 6.42 Å². The van der Waals surface area contributed by atoms with Crippen molar-refractivity contribution in [2.24, 2.45) is 5.41 Å². The molecule has 0 bridgehead atoms. The highest BCUT2D eigenvalue weighted by Crippen LogP contribution is 2.47. The predicted octanol–water partition coefficient (Wildman–Crippen LogP) is 4.63. The maximum Gasteiger partial charge on any atom is 0.287 e. The molecule has 2 aromatic rings. The quantitative estimate of drug-likeness (QED) is 0.707. The molecule has 1 amide bonds. The minimum absolute atomic E-state index is 0.0141. The van der Waals surface area contributed by atoms with E-state index in [0.717, 1.165) is 37.7 Å². The van der Waals surface area contributed by atoms with E-state index < -0.39 is 5.91 Å². The maximum atomic E-state index is 12.5. The highest BCUT2D eigenvalue weighted by atomic mass is 16.2. The lowest BCUT2D eigenvalue weighted by atomic mass is 9.63. The number of nitrogens with one attached hydrogen (secondary N) is 1. The molecule has 3 rings (SSSR count). The first-order valence-electron chi connectivity index (χ1n) is 9.51. The smallest absolute Gasteiger partial charge is 0.287 e. The maximum absolute atomic E-state index is 12.5. The summed E-state index contributed by atoms with van der Waals surface area (Å²) in [6.07, 6.45) is 5.57. The van der Waals surface area contributed by atoms with Crippen LogP contribution in [0.3, 0.4) is 0 Å². The Balaban J connectivity index is 1.54. The van der Waals surface area contributed by atoms with Gasteiger partial charge in [0.15, 0.2) is 0 Å². The van der Waals surface area contributed by atoms with Crippen molar-refractivity contribution in [3.63, 3.8) is 0 Å². The summed E-state index contributed by atoms with van der Waals surface area (Å²) < 4.78 is 0. The molecule has 1 fully saturated rings. The van der Waals surface area contributed by atoms with Crippen molar-refractivity contribution < 1.29 is 9.59 Å². The Morgan fingerprint density at radius 1 is 1.00 bits per heavy atom. The molecule has 0 aliphatic heterocycles. The Morgan fingerprint density at radius 2 is 1.62 bits per heavy atom. The van der Waals surface area contributed by atoms with Crippen LogP contribution in [0.25, 0.3) is 0 Å². The first-order chi connectivity index (χ1) is 12.6. The zero-order chi connectivity index (χ0) is 18.4. The summed E-state index contributed by atoms with van der Waals surface area (Å²) in [6, 6.07) is 19.9. The molecule has 0 radical (unpaired) electrons. The number of benzene rings is 2. The van der Waals surface area contributed by atoms with Crippen LogP contribution in [-0.2, 0) is 16.0 Å². The van der Waals surface area contributed by atoms with Gasteiger partial charge in [-0.3, -0.25) is 9.59 Å². The van der Waals surface area contributed by atoms with Crippen LogP contribution in [-0.4, -0.2) is 11.7 Å². The van der Waals surface area contributed by atoms with Crippen molar-refractivity contribution in [2.75, 3.05) is 0 Å². The van der Waals surface area contributed by atoms with E-state index in [-0.39, 0.29) is 17.2 Å². The Bertz CT molecular complexity index is 735. The molecule has 0 spiro atoms. The Hall–Kier alpha value is -2.42. The second-order valence-electron chi connectivity index (χ2n) is 7.54. The fourth-order valence-corrected chi connectivity index (χ4v) is 3.77. The van der Waals surface area contributed by atoms with Gasteiger partial charge in [-0.2, -0.15) is 0 Å². The lowest BCUT2D eigenvalue weighted by molar-refractivity contribution is -0.140. The van der Waals surface area contributed by atoms with Crippen molar-refractivity contribution in [2.45, 2.75) is 51.5 Å². The molecule has 3 nitrogen and oxygen atoms in total. The summed E-state index contributed by atoms with van der Waals surface area (Å²) in [6.45, 7) is 1.91. The number of Topliss-reactive ketones (excluding diaryl/α,β-unsaturated/α-hetero) is 1. The Kier molecular flexibility index (Phi) is 5.87. The summed E-state index contributed by atoms with van der Waals surface area (Å²) in [5.74, 6) is -0.729. The first-order valence-corrected chi connectivity index (χ1v) is 9.51. The number of hydrogen-bond acceptors (Lipinski definition) is 2. The van der Waals surface area contributed by atoms with E-state index in [1.165, 1.54) is 5.56 Å². The monoisotopic (exact) mass is 349 g/mol. The van der Waals surface area contributed by atoms with Crippen LogP contribution in [0.4, 0.5) is 0 Å². The minimum Gasteiger partial charge on any atom is -0.343 e. The zero-order valence-corrected chi connectivity index (χ0v) is 15.4. The van der Waals surface area contributed by atoms with Crippen molar-refractivity contribution in [1.29, 1.82) is 0 Å². The van der Waals surface area contributed by atoms with Gasteiger partial charge in [0.25, 0.3) is 5.91 Å². The van der Waals surface area contributed by atoms with E-state index in [4.69, 9.17) is 0 Å². The molecule has 0 unspecified atom stereocenters. The number of aryl methyl sites for hydroxylation is 1. The molecular weight excluding hydrogens is 322 g/mol. The van der Waals surface area contributed by atoms with Crippen LogP contribution in [0, 0.1) is 5.41 Å². The average Bonchev–Trinajstić information content (AvgIpc) is 2.65. The van der Waals surface area contributed by atoms with Gasteiger partial charge < -0.3 is 5.32 Å². The van der Waals surface area contributed by atoms with Gasteiger partial charge in [-0.05, 0) is 49.1 Å². The van der Waals surface area contributed by atoms with Gasteiger partial charge in [-0.1, -0.05) is 67.1 Å². The second kappa shape index (κ2) is 8.31. The Labute approximate surface area is 155 Å². The van der Waals surface area contributed by atoms with E-state index >= 15 is 0 Å². The standard InChI is InChI=1S/C23H27NO2/c1-18(20-11-6-3-7-12-20)24-22(26)21(25)17-23(14-8-15-23)16-13-19-9-4-2-5-10-19/h2-7,9-12,18H,8,13-17H2,1H3,(H,24,26)/t18-/m1/s1. The molecule has 1 atom stereocenters. The molecule has 3 heteroatoms. The molecule has 0 saturated heterocycles. The fraction of sp³-hybridized carbons (Fsp3) is 0.391. The van der Waals surface area contributed by atoms with E-state index in [2.05, 4.69) is 17.4 Å². The van der Waals surface area contributed by atoms with Crippen LogP contribution in [0.5, 0.6) is 0 Å². The molecule has 0 aromatic heterocycles. The average molecular weight is 349 g/mol. The third-order valence-electron chi connectivity index (χ3n) is 5.64. The SMILES string of the molecule is C[C@@H](NC(=O)C(=O)CC1(CCc2ccccc2)CCC1)c1ccccc1. The molecule has 0 heterocycles. The van der Waals surface area contributed by atoms with Gasteiger partial charge in [0, 0.05) is 6.42 Å². The number of carbonyl (C=O) groups is 2. The Morgan fingerprint density at radius 3 is 2.19 bits per heavy atom. The number of hydrogen-bond donors (Lipinski definition) is 1. The summed E-state index contributed by atoms with van der Waals surface area (Å²) >= 11 is 0. The van der Waals surface area contributed by atoms with Crippen LogP contribution >= 0.6 is 0 Å². The van der Waals surface area contributed by atoms with E-state index in [1.807, 2.05) is 55.5 Å². The molecule has 136 valence electrons. The molecule has 1 aliphatic carbocycles. The first kappa shape index (κ1) is 18.4. The number of carbonyl (C=O) groups excluding carboxylic acids is 2. The highest BCUT2D eigenvalue weighted by Gasteiger charge is 2.39. The summed E-state index contributed by atoms with van der Waals surface area (Å²) in [5.41, 5.74) is 2.32. The number of rotatable bonds is 8. The van der Waals surface area contributed by atoms with Gasteiger partial charge in [-0.25, -0.2) is 0 Å². The van der Waals surface area contributed by atoms with Gasteiger partial charge in [0.05, 0.1) is 6.04 Å². The van der Waals surface area contributed by atoms with Crippen LogP contribution in [0.2, 0.25) is 0 Å². The fourth-order valence-electron chi connectivity index (χ4n) is 3.77. The zero-order valence-electron chi connectivity index (χ0n) is 15.4. The van der Waals surface area contributed by atoms with Crippen LogP contribution in [0.1, 0.15) is 56.2 Å².